The van der Waals surface area contributed by atoms with E-state index in [9.17, 15) is 27.2 Å². The van der Waals surface area contributed by atoms with Gasteiger partial charge in [0, 0.05) is 70.5 Å². The lowest BCUT2D eigenvalue weighted by Crippen LogP contribution is -2.47. The molecule has 0 unspecified atom stereocenters. The van der Waals surface area contributed by atoms with Gasteiger partial charge in [0.05, 0.1) is 15.6 Å². The summed E-state index contributed by atoms with van der Waals surface area (Å²) in [6.07, 6.45) is -3.45. The van der Waals surface area contributed by atoms with Crippen molar-refractivity contribution in [3.63, 3.8) is 0 Å². The molecule has 0 saturated carbocycles. The van der Waals surface area contributed by atoms with Gasteiger partial charge in [-0.15, -0.1) is 0 Å². The molecule has 1 aliphatic heterocycles. The number of nitrogens with zero attached hydrogens (tertiary/aromatic N) is 3. The van der Waals surface area contributed by atoms with E-state index in [-0.39, 0.29) is 24.1 Å². The molecule has 7 nitrogen and oxygen atoms in total. The van der Waals surface area contributed by atoms with Gasteiger partial charge in [-0.1, -0.05) is 47.5 Å². The first-order valence-electron chi connectivity index (χ1n) is 14.9. The van der Waals surface area contributed by atoms with Gasteiger partial charge in [-0.25, -0.2) is 9.18 Å². The summed E-state index contributed by atoms with van der Waals surface area (Å²) in [6, 6.07) is 15.0. The van der Waals surface area contributed by atoms with Crippen LogP contribution in [0.25, 0.3) is 0 Å². The number of carbonyl (C=O) groups is 2. The van der Waals surface area contributed by atoms with Gasteiger partial charge in [0.25, 0.3) is 5.91 Å². The molecule has 3 aromatic rings. The Kier molecular flexibility index (Phi) is 12.2. The molecular formula is C33H37Cl2F4N5O2. The van der Waals surface area contributed by atoms with Crippen LogP contribution < -0.4 is 15.5 Å². The Hall–Kier alpha value is -3.54. The molecule has 1 atom stereocenters. The lowest BCUT2D eigenvalue weighted by molar-refractivity contribution is -0.137. The van der Waals surface area contributed by atoms with E-state index >= 15 is 0 Å². The van der Waals surface area contributed by atoms with E-state index in [1.54, 1.807) is 19.2 Å². The second-order valence-electron chi connectivity index (χ2n) is 11.3. The smallest absolute Gasteiger partial charge is 0.369 e. The van der Waals surface area contributed by atoms with E-state index in [1.165, 1.54) is 11.9 Å². The number of hydrogen-bond donors (Lipinski definition) is 2. The van der Waals surface area contributed by atoms with Gasteiger partial charge in [0.1, 0.15) is 5.82 Å². The molecule has 3 aromatic carbocycles. The predicted octanol–water partition coefficient (Wildman–Crippen LogP) is 6.69. The molecule has 1 heterocycles. The van der Waals surface area contributed by atoms with Gasteiger partial charge < -0.3 is 20.4 Å². The number of rotatable bonds is 11. The third kappa shape index (κ3) is 9.49. The molecular weight excluding hydrogens is 645 g/mol. The Morgan fingerprint density at radius 3 is 2.37 bits per heavy atom. The standard InChI is InChI=1S/C33H37Cl2F4N5O2/c1-40-32(46)41-11-9-22-5-3-4-6-30(22)44-15-13-43(14-16-44)12-10-24(23-7-8-28(34)29(35)19-23)21-42(2)31(45)25-17-26(33(37,38)39)20-27(36)18-25/h3-8,17-20,24H,9-16,21H2,1-2H3,(H2,40,41,46)/t24-/m1/s1. The Bertz CT molecular complexity index is 1520. The fourth-order valence-corrected chi connectivity index (χ4v) is 5.93. The van der Waals surface area contributed by atoms with Crippen molar-refractivity contribution in [2.24, 2.45) is 0 Å². The highest BCUT2D eigenvalue weighted by atomic mass is 35.5. The van der Waals surface area contributed by atoms with Crippen LogP contribution in [0.1, 0.15) is 39.4 Å². The summed E-state index contributed by atoms with van der Waals surface area (Å²) in [7, 11) is 3.07. The van der Waals surface area contributed by atoms with Crippen molar-refractivity contribution in [3.05, 3.63) is 98.8 Å². The maximum atomic E-state index is 14.0. The fourth-order valence-electron chi connectivity index (χ4n) is 5.62. The summed E-state index contributed by atoms with van der Waals surface area (Å²) in [5, 5.41) is 6.12. The third-order valence-electron chi connectivity index (χ3n) is 8.13. The Morgan fingerprint density at radius 1 is 0.978 bits per heavy atom. The van der Waals surface area contributed by atoms with E-state index < -0.39 is 23.5 Å². The third-order valence-corrected chi connectivity index (χ3v) is 8.87. The van der Waals surface area contributed by atoms with Crippen molar-refractivity contribution >= 4 is 40.8 Å². The van der Waals surface area contributed by atoms with Crippen LogP contribution in [0.5, 0.6) is 0 Å². The lowest BCUT2D eigenvalue weighted by Gasteiger charge is -2.38. The topological polar surface area (TPSA) is 67.9 Å². The number of likely N-dealkylation sites (N-methyl/N-ethyl adjacent to an activating group) is 1. The molecule has 0 aliphatic carbocycles. The van der Waals surface area contributed by atoms with Gasteiger partial charge in [-0.3, -0.25) is 9.69 Å². The SMILES string of the molecule is CNC(=O)NCCc1ccccc1N1CCN(CC[C@H](CN(C)C(=O)c2cc(F)cc(C(F)(F)F)c2)c2ccc(Cl)c(Cl)c2)CC1. The molecule has 0 bridgehead atoms. The van der Waals surface area contributed by atoms with Crippen molar-refractivity contribution in [1.82, 2.24) is 20.4 Å². The zero-order valence-electron chi connectivity index (χ0n) is 25.6. The zero-order chi connectivity index (χ0) is 33.4. The normalized spacial score (nSPS) is 14.6. The Morgan fingerprint density at radius 2 is 1.70 bits per heavy atom. The van der Waals surface area contributed by atoms with Gasteiger partial charge in [0.15, 0.2) is 0 Å². The Balaban J connectivity index is 1.41. The quantitative estimate of drug-likeness (QED) is 0.221. The van der Waals surface area contributed by atoms with E-state index in [0.29, 0.717) is 48.1 Å². The molecule has 2 N–H and O–H groups in total. The molecule has 1 fully saturated rings. The van der Waals surface area contributed by atoms with Crippen molar-refractivity contribution in [3.8, 4) is 0 Å². The minimum absolute atomic E-state index is 0.173. The van der Waals surface area contributed by atoms with E-state index in [4.69, 9.17) is 23.2 Å². The van der Waals surface area contributed by atoms with E-state index in [1.807, 2.05) is 18.2 Å². The van der Waals surface area contributed by atoms with E-state index in [0.717, 1.165) is 49.1 Å². The molecule has 13 heteroatoms. The highest BCUT2D eigenvalue weighted by molar-refractivity contribution is 6.42. The van der Waals surface area contributed by atoms with Crippen LogP contribution in [0.3, 0.4) is 0 Å². The number of anilines is 1. The lowest BCUT2D eigenvalue weighted by atomic mass is 9.94. The van der Waals surface area contributed by atoms with Crippen LogP contribution in [0, 0.1) is 5.82 Å². The number of para-hydroxylation sites is 1. The first-order valence-corrected chi connectivity index (χ1v) is 15.7. The van der Waals surface area contributed by atoms with Crippen LogP contribution in [0.4, 0.5) is 28.0 Å². The molecule has 3 amide bonds. The summed E-state index contributed by atoms with van der Waals surface area (Å²) in [4.78, 5) is 30.7. The molecule has 248 valence electrons. The van der Waals surface area contributed by atoms with E-state index in [2.05, 4.69) is 32.6 Å². The molecule has 1 saturated heterocycles. The number of nitrogens with one attached hydrogen (secondary N) is 2. The second kappa shape index (κ2) is 15.8. The van der Waals surface area contributed by atoms with Crippen LogP contribution in [-0.2, 0) is 12.6 Å². The summed E-state index contributed by atoms with van der Waals surface area (Å²) in [5.74, 6) is -2.06. The van der Waals surface area contributed by atoms with Crippen molar-refractivity contribution in [2.45, 2.75) is 24.9 Å². The Labute approximate surface area is 276 Å². The molecule has 4 rings (SSSR count). The average molecular weight is 683 g/mol. The minimum Gasteiger partial charge on any atom is -0.369 e. The average Bonchev–Trinajstić information content (AvgIpc) is 3.03. The summed E-state index contributed by atoms with van der Waals surface area (Å²) < 4.78 is 53.9. The summed E-state index contributed by atoms with van der Waals surface area (Å²) in [6.45, 7) is 4.61. The van der Waals surface area contributed by atoms with Crippen LogP contribution in [-0.4, -0.2) is 81.6 Å². The van der Waals surface area contributed by atoms with Gasteiger partial charge in [-0.2, -0.15) is 13.2 Å². The first-order chi connectivity index (χ1) is 21.8. The zero-order valence-corrected chi connectivity index (χ0v) is 27.2. The number of benzene rings is 3. The van der Waals surface area contributed by atoms with Gasteiger partial charge in [0.2, 0.25) is 0 Å². The number of alkyl halides is 3. The number of amides is 3. The van der Waals surface area contributed by atoms with Crippen molar-refractivity contribution < 1.29 is 27.2 Å². The maximum Gasteiger partial charge on any atom is 0.416 e. The second-order valence-corrected chi connectivity index (χ2v) is 12.1. The molecule has 0 spiro atoms. The summed E-state index contributed by atoms with van der Waals surface area (Å²) in [5.41, 5.74) is 1.54. The number of halogens is 6. The number of urea groups is 1. The minimum atomic E-state index is -4.78. The largest absolute Gasteiger partial charge is 0.416 e. The highest BCUT2D eigenvalue weighted by Crippen LogP contribution is 2.32. The first kappa shape index (κ1) is 35.3. The summed E-state index contributed by atoms with van der Waals surface area (Å²) >= 11 is 12.5. The molecule has 1 aliphatic rings. The number of piperazine rings is 1. The van der Waals surface area contributed by atoms with Crippen LogP contribution in [0.2, 0.25) is 10.0 Å². The van der Waals surface area contributed by atoms with Crippen LogP contribution in [0.15, 0.2) is 60.7 Å². The highest BCUT2D eigenvalue weighted by Gasteiger charge is 2.32. The molecule has 0 aromatic heterocycles. The number of carbonyl (C=O) groups excluding carboxylic acids is 2. The van der Waals surface area contributed by atoms with Gasteiger partial charge >= 0.3 is 12.2 Å². The van der Waals surface area contributed by atoms with Crippen molar-refractivity contribution in [2.75, 3.05) is 64.8 Å². The van der Waals surface area contributed by atoms with Crippen molar-refractivity contribution in [1.29, 1.82) is 0 Å². The van der Waals surface area contributed by atoms with Crippen LogP contribution >= 0.6 is 23.2 Å². The molecule has 46 heavy (non-hydrogen) atoms. The van der Waals surface area contributed by atoms with Gasteiger partial charge in [-0.05, 0) is 66.9 Å². The predicted molar refractivity (Wildman–Crippen MR) is 173 cm³/mol. The monoisotopic (exact) mass is 681 g/mol. The fraction of sp³-hybridized carbons (Fsp3) is 0.394. The molecule has 0 radical (unpaired) electrons. The maximum absolute atomic E-state index is 14.0. The number of hydrogen-bond acceptors (Lipinski definition) is 4.